The van der Waals surface area contributed by atoms with Crippen molar-refractivity contribution < 1.29 is 14.6 Å². The molecule has 4 heteroatoms. The van der Waals surface area contributed by atoms with Crippen LogP contribution in [0.4, 0.5) is 0 Å². The number of carboxylic acid groups (broad SMARTS) is 1. The summed E-state index contributed by atoms with van der Waals surface area (Å²) in [6.07, 6.45) is 3.72. The molecular weight excluding hydrogens is 410 g/mol. The molecule has 0 aliphatic heterocycles. The molecule has 3 aromatic carbocycles. The number of para-hydroxylation sites is 1. The van der Waals surface area contributed by atoms with Gasteiger partial charge in [0.25, 0.3) is 0 Å². The smallest absolute Gasteiger partial charge is 0.303 e. The molecule has 1 aromatic heterocycles. The van der Waals surface area contributed by atoms with E-state index in [4.69, 9.17) is 9.84 Å². The monoisotopic (exact) mass is 439 g/mol. The zero-order valence-corrected chi connectivity index (χ0v) is 18.7. The maximum Gasteiger partial charge on any atom is 0.303 e. The molecule has 1 N–H and O–H groups in total. The van der Waals surface area contributed by atoms with Crippen molar-refractivity contribution in [3.05, 3.63) is 108 Å². The number of nitrogens with zero attached hydrogens (tertiary/aromatic N) is 1. The number of hydrogen-bond donors (Lipinski definition) is 1. The standard InChI is InChI=1S/C29H29NO3/c31-29(32)12-6-10-23(14-13-22-7-2-1-3-8-22)24-16-19-27(20-17-24)33-21-26-18-15-25-9-4-5-11-28(25)30-26/h1-5,7-9,11,15-20,23H,6,10,12-14,21H2,(H,31,32). The van der Waals surface area contributed by atoms with Gasteiger partial charge in [0.2, 0.25) is 0 Å². The van der Waals surface area contributed by atoms with Crippen LogP contribution in [0.2, 0.25) is 0 Å². The van der Waals surface area contributed by atoms with E-state index >= 15 is 0 Å². The van der Waals surface area contributed by atoms with Crippen LogP contribution in [0, 0.1) is 0 Å². The Morgan fingerprint density at radius 2 is 1.61 bits per heavy atom. The van der Waals surface area contributed by atoms with Crippen molar-refractivity contribution in [2.24, 2.45) is 0 Å². The van der Waals surface area contributed by atoms with Crippen LogP contribution in [0.25, 0.3) is 10.9 Å². The second kappa shape index (κ2) is 11.3. The minimum absolute atomic E-state index is 0.210. The van der Waals surface area contributed by atoms with Crippen molar-refractivity contribution >= 4 is 16.9 Å². The van der Waals surface area contributed by atoms with Gasteiger partial charge in [-0.2, -0.15) is 0 Å². The van der Waals surface area contributed by atoms with Gasteiger partial charge >= 0.3 is 5.97 Å². The molecule has 4 aromatic rings. The van der Waals surface area contributed by atoms with E-state index in [9.17, 15) is 4.79 Å². The number of pyridine rings is 1. The lowest BCUT2D eigenvalue weighted by Crippen LogP contribution is -2.04. The quantitative estimate of drug-likeness (QED) is 0.280. The van der Waals surface area contributed by atoms with Crippen LogP contribution in [-0.4, -0.2) is 16.1 Å². The molecule has 1 heterocycles. The van der Waals surface area contributed by atoms with Gasteiger partial charge in [-0.05, 0) is 67.0 Å². The molecule has 33 heavy (non-hydrogen) atoms. The Labute approximate surface area is 194 Å². The predicted octanol–water partition coefficient (Wildman–Crippen LogP) is 6.79. The van der Waals surface area contributed by atoms with Crippen molar-refractivity contribution in [2.75, 3.05) is 0 Å². The molecule has 0 saturated carbocycles. The van der Waals surface area contributed by atoms with Crippen molar-refractivity contribution in [1.82, 2.24) is 4.98 Å². The summed E-state index contributed by atoms with van der Waals surface area (Å²) >= 11 is 0. The number of hydrogen-bond acceptors (Lipinski definition) is 3. The largest absolute Gasteiger partial charge is 0.487 e. The van der Waals surface area contributed by atoms with E-state index in [1.54, 1.807) is 0 Å². The highest BCUT2D eigenvalue weighted by molar-refractivity contribution is 5.78. The minimum Gasteiger partial charge on any atom is -0.487 e. The van der Waals surface area contributed by atoms with Gasteiger partial charge in [0, 0.05) is 11.8 Å². The molecule has 0 fully saturated rings. The van der Waals surface area contributed by atoms with E-state index in [0.717, 1.165) is 41.6 Å². The lowest BCUT2D eigenvalue weighted by molar-refractivity contribution is -0.137. The van der Waals surface area contributed by atoms with Crippen LogP contribution in [0.1, 0.15) is 48.4 Å². The van der Waals surface area contributed by atoms with Gasteiger partial charge in [0.15, 0.2) is 0 Å². The molecule has 0 aliphatic carbocycles. The van der Waals surface area contributed by atoms with Crippen molar-refractivity contribution in [1.29, 1.82) is 0 Å². The minimum atomic E-state index is -0.733. The van der Waals surface area contributed by atoms with Crippen molar-refractivity contribution in [2.45, 2.75) is 44.6 Å². The second-order valence-corrected chi connectivity index (χ2v) is 8.36. The van der Waals surface area contributed by atoms with Gasteiger partial charge in [-0.15, -0.1) is 0 Å². The van der Waals surface area contributed by atoms with Crippen LogP contribution in [0.3, 0.4) is 0 Å². The van der Waals surface area contributed by atoms with Gasteiger partial charge in [-0.3, -0.25) is 4.79 Å². The fourth-order valence-electron chi connectivity index (χ4n) is 4.15. The van der Waals surface area contributed by atoms with Gasteiger partial charge in [0.1, 0.15) is 12.4 Å². The normalized spacial score (nSPS) is 11.9. The van der Waals surface area contributed by atoms with Gasteiger partial charge in [0.05, 0.1) is 11.2 Å². The number of aliphatic carboxylic acids is 1. The molecule has 0 saturated heterocycles. The molecule has 0 radical (unpaired) electrons. The Balaban J connectivity index is 1.38. The first-order valence-electron chi connectivity index (χ1n) is 11.5. The van der Waals surface area contributed by atoms with Gasteiger partial charge < -0.3 is 9.84 Å². The number of fused-ring (bicyclic) bond motifs is 1. The Morgan fingerprint density at radius 3 is 2.39 bits per heavy atom. The Hall–Kier alpha value is -3.66. The lowest BCUT2D eigenvalue weighted by atomic mass is 9.88. The highest BCUT2D eigenvalue weighted by Crippen LogP contribution is 2.29. The molecule has 4 rings (SSSR count). The number of carbonyl (C=O) groups is 1. The Kier molecular flexibility index (Phi) is 7.70. The third-order valence-corrected chi connectivity index (χ3v) is 5.96. The summed E-state index contributed by atoms with van der Waals surface area (Å²) in [5.41, 5.74) is 4.40. The van der Waals surface area contributed by atoms with Crippen molar-refractivity contribution in [3.63, 3.8) is 0 Å². The average molecular weight is 440 g/mol. The molecule has 1 atom stereocenters. The highest BCUT2D eigenvalue weighted by Gasteiger charge is 2.13. The first-order valence-corrected chi connectivity index (χ1v) is 11.5. The maximum absolute atomic E-state index is 11.0. The molecule has 0 amide bonds. The summed E-state index contributed by atoms with van der Waals surface area (Å²) in [5, 5.41) is 10.2. The van der Waals surface area contributed by atoms with Crippen molar-refractivity contribution in [3.8, 4) is 5.75 Å². The van der Waals surface area contributed by atoms with Crippen LogP contribution in [0.15, 0.2) is 91.0 Å². The number of benzene rings is 3. The van der Waals surface area contributed by atoms with Crippen LogP contribution in [0.5, 0.6) is 5.75 Å². The lowest BCUT2D eigenvalue weighted by Gasteiger charge is -2.18. The molecular formula is C29H29NO3. The fraction of sp³-hybridized carbons (Fsp3) is 0.241. The van der Waals surface area contributed by atoms with Crippen LogP contribution in [-0.2, 0) is 17.8 Å². The summed E-state index contributed by atoms with van der Waals surface area (Å²) < 4.78 is 5.98. The SMILES string of the molecule is O=C(O)CCCC(CCc1ccccc1)c1ccc(OCc2ccc3ccccc3n2)cc1. The topological polar surface area (TPSA) is 59.4 Å². The maximum atomic E-state index is 11.0. The molecule has 4 nitrogen and oxygen atoms in total. The van der Waals surface area contributed by atoms with Crippen LogP contribution < -0.4 is 4.74 Å². The zero-order chi connectivity index (χ0) is 22.9. The first-order chi connectivity index (χ1) is 16.2. The average Bonchev–Trinajstić information content (AvgIpc) is 2.85. The summed E-state index contributed by atoms with van der Waals surface area (Å²) in [5.74, 6) is 0.393. The molecule has 0 aliphatic rings. The predicted molar refractivity (Wildman–Crippen MR) is 132 cm³/mol. The van der Waals surface area contributed by atoms with Crippen LogP contribution >= 0.6 is 0 Å². The molecule has 0 spiro atoms. The van der Waals surface area contributed by atoms with E-state index in [1.807, 2.05) is 42.5 Å². The third kappa shape index (κ3) is 6.66. The number of ether oxygens (including phenoxy) is 1. The summed E-state index contributed by atoms with van der Waals surface area (Å²) in [7, 11) is 0. The van der Waals surface area contributed by atoms with E-state index in [2.05, 4.69) is 53.5 Å². The molecule has 1 unspecified atom stereocenters. The first kappa shape index (κ1) is 22.5. The van der Waals surface area contributed by atoms with E-state index in [-0.39, 0.29) is 6.42 Å². The van der Waals surface area contributed by atoms with Gasteiger partial charge in [-0.25, -0.2) is 4.98 Å². The number of carboxylic acids is 1. The number of aromatic nitrogens is 1. The van der Waals surface area contributed by atoms with Gasteiger partial charge in [-0.1, -0.05) is 66.7 Å². The number of rotatable bonds is 11. The fourth-order valence-corrected chi connectivity index (χ4v) is 4.15. The third-order valence-electron chi connectivity index (χ3n) is 5.96. The Morgan fingerprint density at radius 1 is 0.848 bits per heavy atom. The summed E-state index contributed by atoms with van der Waals surface area (Å²) in [4.78, 5) is 15.6. The molecule has 168 valence electrons. The highest BCUT2D eigenvalue weighted by atomic mass is 16.5. The summed E-state index contributed by atoms with van der Waals surface area (Å²) in [6.45, 7) is 0.417. The van der Waals surface area contributed by atoms with E-state index in [0.29, 0.717) is 18.9 Å². The van der Waals surface area contributed by atoms with E-state index in [1.165, 1.54) is 11.1 Å². The zero-order valence-electron chi connectivity index (χ0n) is 18.7. The summed E-state index contributed by atoms with van der Waals surface area (Å²) in [6, 6.07) is 30.8. The second-order valence-electron chi connectivity index (χ2n) is 8.36. The Bertz CT molecular complexity index is 1170. The van der Waals surface area contributed by atoms with E-state index < -0.39 is 5.97 Å². The molecule has 0 bridgehead atoms. The number of aryl methyl sites for hydroxylation is 1.